The van der Waals surface area contributed by atoms with Crippen molar-refractivity contribution in [2.24, 2.45) is 0 Å². The van der Waals surface area contributed by atoms with E-state index in [1.165, 1.54) is 11.8 Å². The first-order valence-corrected chi connectivity index (χ1v) is 7.91. The number of fused-ring (bicyclic) bond motifs is 1. The van der Waals surface area contributed by atoms with Crippen LogP contribution in [0.15, 0.2) is 22.2 Å². The fourth-order valence-corrected chi connectivity index (χ4v) is 3.54. The maximum atomic E-state index is 12.0. The standard InChI is InChI=1S/C15H17N3O2S/c1-9-11(13(20-2)6-7-16-9)8-21-15-17-12-5-3-4-10(12)14(19)18-15/h6-7H,3-5,8H2,1-2H3,(H,17,18,19). The summed E-state index contributed by atoms with van der Waals surface area (Å²) in [4.78, 5) is 23.7. The van der Waals surface area contributed by atoms with Gasteiger partial charge in [-0.25, -0.2) is 4.98 Å². The summed E-state index contributed by atoms with van der Waals surface area (Å²) in [6.45, 7) is 1.96. The zero-order valence-corrected chi connectivity index (χ0v) is 12.9. The van der Waals surface area contributed by atoms with Crippen molar-refractivity contribution >= 4 is 11.8 Å². The molecule has 0 saturated carbocycles. The second kappa shape index (κ2) is 5.89. The van der Waals surface area contributed by atoms with Crippen LogP contribution in [0, 0.1) is 6.92 Å². The second-order valence-corrected chi connectivity index (χ2v) is 5.98. The van der Waals surface area contributed by atoms with Crippen molar-refractivity contribution in [1.29, 1.82) is 0 Å². The summed E-state index contributed by atoms with van der Waals surface area (Å²) in [6.07, 6.45) is 4.51. The molecular formula is C15H17N3O2S. The summed E-state index contributed by atoms with van der Waals surface area (Å²) in [5.41, 5.74) is 3.79. The van der Waals surface area contributed by atoms with Crippen molar-refractivity contribution in [3.8, 4) is 5.75 Å². The first-order chi connectivity index (χ1) is 10.2. The Bertz CT molecular complexity index is 727. The summed E-state index contributed by atoms with van der Waals surface area (Å²) < 4.78 is 5.37. The zero-order valence-electron chi connectivity index (χ0n) is 12.1. The van der Waals surface area contributed by atoms with Crippen molar-refractivity contribution in [3.63, 3.8) is 0 Å². The van der Waals surface area contributed by atoms with Crippen molar-refractivity contribution in [2.45, 2.75) is 37.1 Å². The summed E-state index contributed by atoms with van der Waals surface area (Å²) >= 11 is 1.51. The minimum absolute atomic E-state index is 0.00914. The zero-order chi connectivity index (χ0) is 14.8. The number of hydrogen-bond acceptors (Lipinski definition) is 5. The summed E-state index contributed by atoms with van der Waals surface area (Å²) in [5, 5.41) is 0.672. The van der Waals surface area contributed by atoms with Crippen molar-refractivity contribution in [1.82, 2.24) is 15.0 Å². The largest absolute Gasteiger partial charge is 0.496 e. The molecule has 0 aromatic carbocycles. The van der Waals surface area contributed by atoms with Gasteiger partial charge in [0.05, 0.1) is 12.8 Å². The molecule has 6 heteroatoms. The lowest BCUT2D eigenvalue weighted by Crippen LogP contribution is -2.15. The molecule has 0 fully saturated rings. The lowest BCUT2D eigenvalue weighted by molar-refractivity contribution is 0.410. The fraction of sp³-hybridized carbons (Fsp3) is 0.400. The Morgan fingerprint density at radius 3 is 3.10 bits per heavy atom. The topological polar surface area (TPSA) is 67.9 Å². The van der Waals surface area contributed by atoms with E-state index < -0.39 is 0 Å². The lowest BCUT2D eigenvalue weighted by atomic mass is 10.2. The van der Waals surface area contributed by atoms with Gasteiger partial charge >= 0.3 is 0 Å². The number of aryl methyl sites for hydroxylation is 2. The quantitative estimate of drug-likeness (QED) is 0.693. The molecule has 0 radical (unpaired) electrons. The van der Waals surface area contributed by atoms with Crippen molar-refractivity contribution in [3.05, 3.63) is 45.1 Å². The van der Waals surface area contributed by atoms with E-state index in [2.05, 4.69) is 15.0 Å². The predicted octanol–water partition coefficient (Wildman–Crippen LogP) is 2.26. The number of nitrogens with zero attached hydrogens (tertiary/aromatic N) is 2. The Morgan fingerprint density at radius 1 is 1.43 bits per heavy atom. The second-order valence-electron chi connectivity index (χ2n) is 5.02. The molecule has 2 heterocycles. The molecule has 0 aliphatic heterocycles. The number of nitrogens with one attached hydrogen (secondary N) is 1. The van der Waals surface area contributed by atoms with E-state index in [0.29, 0.717) is 10.9 Å². The van der Waals surface area contributed by atoms with Crippen LogP contribution in [0.2, 0.25) is 0 Å². The number of aromatic amines is 1. The molecule has 0 spiro atoms. The molecule has 3 rings (SSSR count). The van der Waals surface area contributed by atoms with Crippen LogP contribution in [0.25, 0.3) is 0 Å². The van der Waals surface area contributed by atoms with Crippen LogP contribution in [0.3, 0.4) is 0 Å². The Balaban J connectivity index is 1.83. The van der Waals surface area contributed by atoms with E-state index in [-0.39, 0.29) is 5.56 Å². The molecule has 1 aliphatic carbocycles. The van der Waals surface area contributed by atoms with Gasteiger partial charge in [0.1, 0.15) is 5.75 Å². The van der Waals surface area contributed by atoms with Gasteiger partial charge in [0.15, 0.2) is 5.16 Å². The smallest absolute Gasteiger partial charge is 0.254 e. The summed E-state index contributed by atoms with van der Waals surface area (Å²) in [7, 11) is 1.65. The Labute approximate surface area is 127 Å². The first kappa shape index (κ1) is 14.1. The monoisotopic (exact) mass is 303 g/mol. The van der Waals surface area contributed by atoms with E-state index in [1.54, 1.807) is 13.3 Å². The van der Waals surface area contributed by atoms with Crippen LogP contribution in [-0.2, 0) is 18.6 Å². The number of methoxy groups -OCH3 is 1. The summed E-state index contributed by atoms with van der Waals surface area (Å²) in [5.74, 6) is 1.49. The van der Waals surface area contributed by atoms with Gasteiger partial charge in [-0.3, -0.25) is 9.78 Å². The SMILES string of the molecule is COc1ccnc(C)c1CSc1nc2c(c(=O)[nH]1)CCC2. The van der Waals surface area contributed by atoms with Crippen LogP contribution in [0.5, 0.6) is 5.75 Å². The molecular weight excluding hydrogens is 286 g/mol. The first-order valence-electron chi connectivity index (χ1n) is 6.92. The van der Waals surface area contributed by atoms with Gasteiger partial charge in [-0.1, -0.05) is 11.8 Å². The fourth-order valence-electron chi connectivity index (χ4n) is 2.57. The normalized spacial score (nSPS) is 13.2. The van der Waals surface area contributed by atoms with E-state index in [1.807, 2.05) is 13.0 Å². The van der Waals surface area contributed by atoms with Gasteiger partial charge in [0.2, 0.25) is 0 Å². The van der Waals surface area contributed by atoms with Gasteiger partial charge in [0, 0.05) is 28.8 Å². The maximum Gasteiger partial charge on any atom is 0.254 e. The van der Waals surface area contributed by atoms with E-state index in [4.69, 9.17) is 4.74 Å². The average Bonchev–Trinajstić information content (AvgIpc) is 2.94. The van der Waals surface area contributed by atoms with Crippen LogP contribution in [0.1, 0.15) is 28.9 Å². The third-order valence-electron chi connectivity index (χ3n) is 3.72. The third-order valence-corrected chi connectivity index (χ3v) is 4.62. The molecule has 110 valence electrons. The highest BCUT2D eigenvalue weighted by Crippen LogP contribution is 2.28. The Hall–Kier alpha value is -1.82. The van der Waals surface area contributed by atoms with Gasteiger partial charge < -0.3 is 9.72 Å². The molecule has 5 nitrogen and oxygen atoms in total. The van der Waals surface area contributed by atoms with E-state index in [0.717, 1.165) is 47.5 Å². The third kappa shape index (κ3) is 2.81. The van der Waals surface area contributed by atoms with E-state index in [9.17, 15) is 4.79 Å². The molecule has 2 aromatic rings. The van der Waals surface area contributed by atoms with Gasteiger partial charge in [-0.15, -0.1) is 0 Å². The molecule has 0 amide bonds. The maximum absolute atomic E-state index is 12.0. The van der Waals surface area contributed by atoms with Crippen LogP contribution in [0.4, 0.5) is 0 Å². The minimum atomic E-state index is 0.00914. The number of thioether (sulfide) groups is 1. The molecule has 2 aromatic heterocycles. The van der Waals surface area contributed by atoms with Crippen molar-refractivity contribution < 1.29 is 4.74 Å². The Kier molecular flexibility index (Phi) is 3.96. The lowest BCUT2D eigenvalue weighted by Gasteiger charge is -2.10. The predicted molar refractivity (Wildman–Crippen MR) is 82.0 cm³/mol. The van der Waals surface area contributed by atoms with Gasteiger partial charge in [0.25, 0.3) is 5.56 Å². The van der Waals surface area contributed by atoms with Crippen molar-refractivity contribution in [2.75, 3.05) is 7.11 Å². The van der Waals surface area contributed by atoms with Crippen LogP contribution >= 0.6 is 11.8 Å². The van der Waals surface area contributed by atoms with Crippen LogP contribution < -0.4 is 10.3 Å². The highest BCUT2D eigenvalue weighted by molar-refractivity contribution is 7.98. The van der Waals surface area contributed by atoms with Gasteiger partial charge in [-0.05, 0) is 32.3 Å². The number of aromatic nitrogens is 3. The van der Waals surface area contributed by atoms with Gasteiger partial charge in [-0.2, -0.15) is 0 Å². The molecule has 0 unspecified atom stereocenters. The molecule has 21 heavy (non-hydrogen) atoms. The molecule has 1 aliphatic rings. The number of pyridine rings is 1. The number of hydrogen-bond donors (Lipinski definition) is 1. The minimum Gasteiger partial charge on any atom is -0.496 e. The molecule has 1 N–H and O–H groups in total. The summed E-state index contributed by atoms with van der Waals surface area (Å²) in [6, 6.07) is 1.85. The molecule has 0 bridgehead atoms. The van der Waals surface area contributed by atoms with E-state index >= 15 is 0 Å². The highest BCUT2D eigenvalue weighted by atomic mass is 32.2. The molecule has 0 atom stereocenters. The Morgan fingerprint density at radius 2 is 2.29 bits per heavy atom. The highest BCUT2D eigenvalue weighted by Gasteiger charge is 2.17. The average molecular weight is 303 g/mol. The number of ether oxygens (including phenoxy) is 1. The van der Waals surface area contributed by atoms with Crippen LogP contribution in [-0.4, -0.2) is 22.1 Å². The number of rotatable bonds is 4. The number of H-pyrrole nitrogens is 1. The molecule has 0 saturated heterocycles.